The van der Waals surface area contributed by atoms with E-state index in [9.17, 15) is 14.7 Å². The van der Waals surface area contributed by atoms with Gasteiger partial charge in [0.25, 0.3) is 0 Å². The van der Waals surface area contributed by atoms with E-state index < -0.39 is 12.1 Å². The van der Waals surface area contributed by atoms with E-state index in [1.807, 2.05) is 31.0 Å². The van der Waals surface area contributed by atoms with Gasteiger partial charge in [-0.3, -0.25) is 4.79 Å². The van der Waals surface area contributed by atoms with Crippen molar-refractivity contribution in [2.24, 2.45) is 11.8 Å². The highest BCUT2D eigenvalue weighted by Crippen LogP contribution is 2.61. The van der Waals surface area contributed by atoms with Crippen LogP contribution in [-0.4, -0.2) is 51.7 Å². The Morgan fingerprint density at radius 1 is 1.00 bits per heavy atom. The number of carbonyl (C=O) groups is 2. The molecule has 44 heavy (non-hydrogen) atoms. The predicted molar refractivity (Wildman–Crippen MR) is 167 cm³/mol. The van der Waals surface area contributed by atoms with E-state index in [4.69, 9.17) is 9.72 Å². The van der Waals surface area contributed by atoms with Crippen molar-refractivity contribution in [2.75, 3.05) is 13.7 Å². The number of aromatic amines is 1. The van der Waals surface area contributed by atoms with Crippen LogP contribution in [0, 0.1) is 11.8 Å². The fourth-order valence-electron chi connectivity index (χ4n) is 9.32. The molecule has 2 bridgehead atoms. The molecule has 8 nitrogen and oxygen atoms in total. The Labute approximate surface area is 258 Å². The first-order valence-corrected chi connectivity index (χ1v) is 16.6. The van der Waals surface area contributed by atoms with Gasteiger partial charge in [0.05, 0.1) is 25.0 Å². The molecule has 3 N–H and O–H groups in total. The van der Waals surface area contributed by atoms with Crippen LogP contribution in [0.2, 0.25) is 0 Å². The number of fused-ring (bicyclic) bond motifs is 8. The molecule has 5 aliphatic rings. The molecule has 2 aromatic carbocycles. The van der Waals surface area contributed by atoms with Crippen LogP contribution in [0.25, 0.3) is 22.4 Å². The average molecular weight is 595 g/mol. The van der Waals surface area contributed by atoms with Gasteiger partial charge < -0.3 is 25.0 Å². The maximum absolute atomic E-state index is 13.7. The summed E-state index contributed by atoms with van der Waals surface area (Å²) in [6.07, 6.45) is 10.3. The van der Waals surface area contributed by atoms with Gasteiger partial charge in [-0.05, 0) is 115 Å². The summed E-state index contributed by atoms with van der Waals surface area (Å²) in [5.74, 6) is 3.50. The van der Waals surface area contributed by atoms with Crippen molar-refractivity contribution in [2.45, 2.75) is 95.1 Å². The van der Waals surface area contributed by atoms with Gasteiger partial charge in [0, 0.05) is 17.7 Å². The Kier molecular flexibility index (Phi) is 6.54. The van der Waals surface area contributed by atoms with E-state index in [0.717, 1.165) is 30.8 Å². The zero-order valence-electron chi connectivity index (χ0n) is 25.9. The van der Waals surface area contributed by atoms with Crippen LogP contribution in [0.15, 0.2) is 30.5 Å². The van der Waals surface area contributed by atoms with E-state index in [1.165, 1.54) is 78.2 Å². The fraction of sp³-hybridized carbons (Fsp3) is 0.528. The molecule has 3 fully saturated rings. The number of carbonyl (C=O) groups excluding carboxylic acids is 2. The highest BCUT2D eigenvalue weighted by Gasteiger charge is 2.45. The summed E-state index contributed by atoms with van der Waals surface area (Å²) in [5, 5.41) is 13.5. The second-order valence-electron chi connectivity index (χ2n) is 14.1. The number of phenolic OH excluding ortho intramolecular Hbond substituents is 1. The number of rotatable bonds is 6. The molecule has 1 aliphatic heterocycles. The van der Waals surface area contributed by atoms with E-state index in [0.29, 0.717) is 36.0 Å². The Bertz CT molecular complexity index is 1660. The minimum absolute atomic E-state index is 0.0727. The quantitative estimate of drug-likeness (QED) is 0.288. The maximum Gasteiger partial charge on any atom is 0.407 e. The summed E-state index contributed by atoms with van der Waals surface area (Å²) in [6, 6.07) is 7.90. The van der Waals surface area contributed by atoms with Crippen LogP contribution < -0.4 is 5.32 Å². The van der Waals surface area contributed by atoms with Crippen LogP contribution >= 0.6 is 0 Å². The van der Waals surface area contributed by atoms with E-state index in [2.05, 4.69) is 28.5 Å². The smallest absolute Gasteiger partial charge is 0.407 e. The number of methoxy groups -OCH3 is 1. The van der Waals surface area contributed by atoms with Gasteiger partial charge >= 0.3 is 6.09 Å². The number of hydrogen-bond acceptors (Lipinski definition) is 5. The van der Waals surface area contributed by atoms with Crippen molar-refractivity contribution >= 4 is 12.0 Å². The molecule has 230 valence electrons. The lowest BCUT2D eigenvalue weighted by molar-refractivity contribution is -0.135. The molecule has 4 aliphatic carbocycles. The summed E-state index contributed by atoms with van der Waals surface area (Å²) in [7, 11) is 1.32. The average Bonchev–Trinajstić information content (AvgIpc) is 3.84. The summed E-state index contributed by atoms with van der Waals surface area (Å²) in [6.45, 7) is 4.50. The SMILES string of the molecule is COC(=O)N[C@H](C(=O)N1CCC[C@H]1c1ncc(-c2ccc(-c3ccc(O)c4c3C3CCC4C3)c3c2CC2CCC32)[nH]1)C(C)C. The second kappa shape index (κ2) is 10.4. The third kappa shape index (κ3) is 4.12. The molecule has 1 saturated heterocycles. The van der Waals surface area contributed by atoms with Crippen LogP contribution in [0.1, 0.15) is 111 Å². The van der Waals surface area contributed by atoms with Crippen LogP contribution in [0.4, 0.5) is 4.79 Å². The third-order valence-electron chi connectivity index (χ3n) is 11.5. The van der Waals surface area contributed by atoms with Gasteiger partial charge in [0.1, 0.15) is 17.6 Å². The maximum atomic E-state index is 13.7. The Morgan fingerprint density at radius 2 is 1.75 bits per heavy atom. The molecule has 2 heterocycles. The number of nitrogens with one attached hydrogen (secondary N) is 2. The molecule has 2 amide bonds. The number of hydrogen-bond donors (Lipinski definition) is 3. The van der Waals surface area contributed by atoms with E-state index >= 15 is 0 Å². The van der Waals surface area contributed by atoms with Crippen LogP contribution in [0.5, 0.6) is 5.75 Å². The summed E-state index contributed by atoms with van der Waals surface area (Å²) in [4.78, 5) is 36.0. The topological polar surface area (TPSA) is 108 Å². The van der Waals surface area contributed by atoms with Gasteiger partial charge in [0.15, 0.2) is 0 Å². The van der Waals surface area contributed by atoms with Crippen LogP contribution in [-0.2, 0) is 16.0 Å². The summed E-state index contributed by atoms with van der Waals surface area (Å²) in [5.41, 5.74) is 10.5. The van der Waals surface area contributed by atoms with Crippen molar-refractivity contribution in [1.29, 1.82) is 0 Å². The van der Waals surface area contributed by atoms with E-state index in [-0.39, 0.29) is 17.9 Å². The molecular weight excluding hydrogens is 552 g/mol. The lowest BCUT2D eigenvalue weighted by Crippen LogP contribution is -2.51. The molecule has 6 atom stereocenters. The molecule has 0 spiro atoms. The first-order valence-electron chi connectivity index (χ1n) is 16.6. The van der Waals surface area contributed by atoms with Gasteiger partial charge in [0.2, 0.25) is 5.91 Å². The Morgan fingerprint density at radius 3 is 2.50 bits per heavy atom. The molecular formula is C36H42N4O4. The minimum atomic E-state index is -0.652. The minimum Gasteiger partial charge on any atom is -0.508 e. The molecule has 8 rings (SSSR count). The number of nitrogens with zero attached hydrogens (tertiary/aromatic N) is 2. The first kappa shape index (κ1) is 27.7. The van der Waals surface area contributed by atoms with Gasteiger partial charge in [-0.15, -0.1) is 0 Å². The number of phenols is 1. The number of likely N-dealkylation sites (tertiary alicyclic amines) is 1. The molecule has 3 aromatic rings. The van der Waals surface area contributed by atoms with Crippen molar-refractivity contribution in [3.63, 3.8) is 0 Å². The molecule has 8 heteroatoms. The lowest BCUT2D eigenvalue weighted by Gasteiger charge is -2.32. The van der Waals surface area contributed by atoms with Crippen molar-refractivity contribution < 1.29 is 19.4 Å². The lowest BCUT2D eigenvalue weighted by atomic mass is 9.72. The third-order valence-corrected chi connectivity index (χ3v) is 11.5. The molecule has 1 aromatic heterocycles. The van der Waals surface area contributed by atoms with Crippen molar-refractivity contribution in [3.8, 4) is 28.1 Å². The number of aromatic hydroxyl groups is 1. The van der Waals surface area contributed by atoms with Gasteiger partial charge in [-0.25, -0.2) is 9.78 Å². The summed E-state index contributed by atoms with van der Waals surface area (Å²) >= 11 is 0. The largest absolute Gasteiger partial charge is 0.508 e. The second-order valence-corrected chi connectivity index (χ2v) is 14.1. The number of ether oxygens (including phenoxy) is 1. The number of alkyl carbamates (subject to hydrolysis) is 1. The van der Waals surface area contributed by atoms with Gasteiger partial charge in [-0.2, -0.15) is 0 Å². The zero-order chi connectivity index (χ0) is 30.3. The number of aromatic nitrogens is 2. The molecule has 4 unspecified atom stereocenters. The fourth-order valence-corrected chi connectivity index (χ4v) is 9.32. The number of amides is 2. The normalized spacial score (nSPS) is 26.7. The number of benzene rings is 2. The standard InChI is InChI=1S/C36H42N4O4/c1-18(2)33(39-36(43)44-3)35(42)40-14-4-5-28(40)34-37-17-27(38-34)23-10-11-25(32-22-9-8-19(22)16-26(23)32)24-12-13-29(41)31-21-7-6-20(15-21)30(24)31/h10-13,17-22,28,33,41H,4-9,14-16H2,1-3H3,(H,37,38)(H,39,43)/t19?,20?,21?,22?,28-,33-/m0/s1. The molecule has 2 saturated carbocycles. The first-order chi connectivity index (χ1) is 21.3. The highest BCUT2D eigenvalue weighted by molar-refractivity contribution is 5.86. The Balaban J connectivity index is 1.13. The van der Waals surface area contributed by atoms with Gasteiger partial charge in [-0.1, -0.05) is 32.0 Å². The molecule has 0 radical (unpaired) electrons. The number of imidazole rings is 1. The number of H-pyrrole nitrogens is 1. The van der Waals surface area contributed by atoms with Crippen molar-refractivity contribution in [1.82, 2.24) is 20.2 Å². The Hall–Kier alpha value is -3.81. The predicted octanol–water partition coefficient (Wildman–Crippen LogP) is 6.91. The zero-order valence-corrected chi connectivity index (χ0v) is 25.9. The van der Waals surface area contributed by atoms with E-state index in [1.54, 1.807) is 0 Å². The van der Waals surface area contributed by atoms with Crippen molar-refractivity contribution in [3.05, 3.63) is 58.5 Å². The summed E-state index contributed by atoms with van der Waals surface area (Å²) < 4.78 is 4.79. The highest BCUT2D eigenvalue weighted by atomic mass is 16.5. The monoisotopic (exact) mass is 594 g/mol. The van der Waals surface area contributed by atoms with Crippen LogP contribution in [0.3, 0.4) is 0 Å².